The molecule has 0 aromatic heterocycles. The number of methoxy groups -OCH3 is 1. The van der Waals surface area contributed by atoms with Crippen LogP contribution in [0.4, 0.5) is 0 Å². The lowest BCUT2D eigenvalue weighted by Gasteiger charge is -2.09. The molecule has 0 aliphatic carbocycles. The normalized spacial score (nSPS) is 9.78. The zero-order valence-corrected chi connectivity index (χ0v) is 12.7. The number of para-hydroxylation sites is 1. The SMILES string of the molecule is COc1ccc(CC(=O)NNC(=O)COc2ccccc2)cc1. The first-order chi connectivity index (χ1) is 11.2. The second-order valence-corrected chi connectivity index (χ2v) is 4.72. The van der Waals surface area contributed by atoms with E-state index in [1.54, 1.807) is 43.5 Å². The van der Waals surface area contributed by atoms with Gasteiger partial charge in [0, 0.05) is 0 Å². The Labute approximate surface area is 134 Å². The van der Waals surface area contributed by atoms with Gasteiger partial charge in [-0.2, -0.15) is 0 Å². The van der Waals surface area contributed by atoms with Gasteiger partial charge in [-0.3, -0.25) is 20.4 Å². The average molecular weight is 314 g/mol. The van der Waals surface area contributed by atoms with Gasteiger partial charge in [-0.15, -0.1) is 0 Å². The highest BCUT2D eigenvalue weighted by molar-refractivity contribution is 5.83. The molecule has 0 fully saturated rings. The van der Waals surface area contributed by atoms with E-state index in [0.717, 1.165) is 11.3 Å². The lowest BCUT2D eigenvalue weighted by atomic mass is 10.1. The first kappa shape index (κ1) is 16.4. The van der Waals surface area contributed by atoms with Crippen LogP contribution < -0.4 is 20.3 Å². The fourth-order valence-corrected chi connectivity index (χ4v) is 1.81. The van der Waals surface area contributed by atoms with Gasteiger partial charge in [-0.25, -0.2) is 0 Å². The van der Waals surface area contributed by atoms with E-state index in [-0.39, 0.29) is 18.9 Å². The quantitative estimate of drug-likeness (QED) is 0.792. The van der Waals surface area contributed by atoms with E-state index >= 15 is 0 Å². The fourth-order valence-electron chi connectivity index (χ4n) is 1.81. The minimum atomic E-state index is -0.433. The van der Waals surface area contributed by atoms with Gasteiger partial charge < -0.3 is 9.47 Å². The molecule has 23 heavy (non-hydrogen) atoms. The second kappa shape index (κ2) is 8.43. The summed E-state index contributed by atoms with van der Waals surface area (Å²) in [5.41, 5.74) is 5.47. The lowest BCUT2D eigenvalue weighted by Crippen LogP contribution is -2.44. The van der Waals surface area contributed by atoms with Crippen molar-refractivity contribution >= 4 is 11.8 Å². The third-order valence-corrected chi connectivity index (χ3v) is 2.98. The first-order valence-electron chi connectivity index (χ1n) is 7.06. The Hall–Kier alpha value is -3.02. The van der Waals surface area contributed by atoms with Crippen LogP contribution in [0, 0.1) is 0 Å². The van der Waals surface area contributed by atoms with E-state index in [0.29, 0.717) is 5.75 Å². The minimum absolute atomic E-state index is 0.157. The molecule has 0 bridgehead atoms. The second-order valence-electron chi connectivity index (χ2n) is 4.72. The maximum atomic E-state index is 11.7. The van der Waals surface area contributed by atoms with Crippen LogP contribution in [-0.2, 0) is 16.0 Å². The topological polar surface area (TPSA) is 76.7 Å². The number of carbonyl (C=O) groups excluding carboxylic acids is 2. The van der Waals surface area contributed by atoms with Crippen LogP contribution in [0.1, 0.15) is 5.56 Å². The molecule has 6 nitrogen and oxygen atoms in total. The number of rotatable bonds is 6. The maximum Gasteiger partial charge on any atom is 0.276 e. The number of hydrogen-bond donors (Lipinski definition) is 2. The van der Waals surface area contributed by atoms with Crippen molar-refractivity contribution in [1.29, 1.82) is 0 Å². The lowest BCUT2D eigenvalue weighted by molar-refractivity contribution is -0.129. The molecule has 0 saturated carbocycles. The van der Waals surface area contributed by atoms with Crippen molar-refractivity contribution in [1.82, 2.24) is 10.9 Å². The molecule has 2 aromatic carbocycles. The summed E-state index contributed by atoms with van der Waals surface area (Å²) in [5.74, 6) is 0.563. The van der Waals surface area contributed by atoms with Crippen LogP contribution in [-0.4, -0.2) is 25.5 Å². The third kappa shape index (κ3) is 5.70. The molecule has 2 aromatic rings. The van der Waals surface area contributed by atoms with Gasteiger partial charge in [0.1, 0.15) is 11.5 Å². The Morgan fingerprint density at radius 3 is 2.17 bits per heavy atom. The highest BCUT2D eigenvalue weighted by atomic mass is 16.5. The number of amides is 2. The Morgan fingerprint density at radius 1 is 0.870 bits per heavy atom. The summed E-state index contributed by atoms with van der Waals surface area (Å²) in [5, 5.41) is 0. The Bertz CT molecular complexity index is 641. The van der Waals surface area contributed by atoms with E-state index in [4.69, 9.17) is 9.47 Å². The Morgan fingerprint density at radius 2 is 1.52 bits per heavy atom. The van der Waals surface area contributed by atoms with Crippen LogP contribution in [0.5, 0.6) is 11.5 Å². The van der Waals surface area contributed by atoms with Crippen molar-refractivity contribution in [2.45, 2.75) is 6.42 Å². The number of benzene rings is 2. The Kier molecular flexibility index (Phi) is 5.99. The average Bonchev–Trinajstić information content (AvgIpc) is 2.60. The van der Waals surface area contributed by atoms with E-state index in [1.807, 2.05) is 18.2 Å². The molecule has 0 atom stereocenters. The summed E-state index contributed by atoms with van der Waals surface area (Å²) < 4.78 is 10.3. The van der Waals surface area contributed by atoms with Crippen LogP contribution in [0.3, 0.4) is 0 Å². The van der Waals surface area contributed by atoms with Crippen LogP contribution in [0.25, 0.3) is 0 Å². The van der Waals surface area contributed by atoms with E-state index in [9.17, 15) is 9.59 Å². The predicted molar refractivity (Wildman–Crippen MR) is 84.9 cm³/mol. The summed E-state index contributed by atoms with van der Waals surface area (Å²) in [4.78, 5) is 23.3. The van der Waals surface area contributed by atoms with Gasteiger partial charge >= 0.3 is 0 Å². The van der Waals surface area contributed by atoms with E-state index in [2.05, 4.69) is 10.9 Å². The van der Waals surface area contributed by atoms with Crippen molar-refractivity contribution in [2.75, 3.05) is 13.7 Å². The van der Waals surface area contributed by atoms with Gasteiger partial charge in [-0.1, -0.05) is 30.3 Å². The Balaban J connectivity index is 1.69. The van der Waals surface area contributed by atoms with Crippen LogP contribution in [0.2, 0.25) is 0 Å². The van der Waals surface area contributed by atoms with Crippen molar-refractivity contribution < 1.29 is 19.1 Å². The molecule has 0 unspecified atom stereocenters. The van der Waals surface area contributed by atoms with Crippen LogP contribution >= 0.6 is 0 Å². The van der Waals surface area contributed by atoms with E-state index < -0.39 is 5.91 Å². The number of hydrazine groups is 1. The molecule has 2 N–H and O–H groups in total. The summed E-state index contributed by atoms with van der Waals surface area (Å²) >= 11 is 0. The van der Waals surface area contributed by atoms with Crippen LogP contribution in [0.15, 0.2) is 54.6 Å². The predicted octanol–water partition coefficient (Wildman–Crippen LogP) is 1.46. The van der Waals surface area contributed by atoms with Gasteiger partial charge in [0.2, 0.25) is 5.91 Å². The van der Waals surface area contributed by atoms with Crippen molar-refractivity contribution in [3.63, 3.8) is 0 Å². The van der Waals surface area contributed by atoms with E-state index in [1.165, 1.54) is 0 Å². The highest BCUT2D eigenvalue weighted by Crippen LogP contribution is 2.11. The number of hydrogen-bond acceptors (Lipinski definition) is 4. The van der Waals surface area contributed by atoms with Crippen molar-refractivity contribution in [3.8, 4) is 11.5 Å². The number of nitrogens with one attached hydrogen (secondary N) is 2. The molecule has 6 heteroatoms. The van der Waals surface area contributed by atoms with Gasteiger partial charge in [0.25, 0.3) is 5.91 Å². The van der Waals surface area contributed by atoms with Gasteiger partial charge in [0.15, 0.2) is 6.61 Å². The largest absolute Gasteiger partial charge is 0.497 e. The van der Waals surface area contributed by atoms with Gasteiger partial charge in [-0.05, 0) is 29.8 Å². The molecule has 0 heterocycles. The monoisotopic (exact) mass is 314 g/mol. The van der Waals surface area contributed by atoms with Crippen molar-refractivity contribution in [3.05, 3.63) is 60.2 Å². The zero-order valence-electron chi connectivity index (χ0n) is 12.7. The third-order valence-electron chi connectivity index (χ3n) is 2.98. The number of ether oxygens (including phenoxy) is 2. The molecular formula is C17H18N2O4. The minimum Gasteiger partial charge on any atom is -0.497 e. The summed E-state index contributed by atoms with van der Waals surface area (Å²) in [6.45, 7) is -0.174. The zero-order chi connectivity index (χ0) is 16.5. The first-order valence-corrected chi connectivity index (χ1v) is 7.06. The molecule has 0 aliphatic rings. The maximum absolute atomic E-state index is 11.7. The smallest absolute Gasteiger partial charge is 0.276 e. The molecule has 0 aliphatic heterocycles. The molecule has 2 amide bonds. The van der Waals surface area contributed by atoms with Gasteiger partial charge in [0.05, 0.1) is 13.5 Å². The summed E-state index contributed by atoms with van der Waals surface area (Å²) in [6.07, 6.45) is 0.157. The molecule has 120 valence electrons. The number of carbonyl (C=O) groups is 2. The van der Waals surface area contributed by atoms with Crippen molar-refractivity contribution in [2.24, 2.45) is 0 Å². The molecular weight excluding hydrogens is 296 g/mol. The molecule has 2 rings (SSSR count). The summed E-state index contributed by atoms with van der Waals surface area (Å²) in [7, 11) is 1.58. The molecule has 0 spiro atoms. The molecule has 0 saturated heterocycles. The standard InChI is InChI=1S/C17H18N2O4/c1-22-14-9-7-13(8-10-14)11-16(20)18-19-17(21)12-23-15-5-3-2-4-6-15/h2-10H,11-12H2,1H3,(H,18,20)(H,19,21). The highest BCUT2D eigenvalue weighted by Gasteiger charge is 2.06. The fraction of sp³-hybridized carbons (Fsp3) is 0.176. The molecule has 0 radical (unpaired) electrons. The summed E-state index contributed by atoms with van der Waals surface area (Å²) in [6, 6.07) is 16.1.